The zero-order chi connectivity index (χ0) is 14.5. The van der Waals surface area contributed by atoms with Gasteiger partial charge in [0.25, 0.3) is 0 Å². The van der Waals surface area contributed by atoms with Gasteiger partial charge in [0.15, 0.2) is 0 Å². The maximum Gasteiger partial charge on any atom is 0.404 e. The fourth-order valence-electron chi connectivity index (χ4n) is 2.58. The monoisotopic (exact) mass is 298 g/mol. The summed E-state index contributed by atoms with van der Waals surface area (Å²) < 4.78 is 14.6. The minimum Gasteiger partial charge on any atom is -0.598 e. The normalized spacial score (nSPS) is 22.3. The summed E-state index contributed by atoms with van der Waals surface area (Å²) in [6, 6.07) is 7.48. The van der Waals surface area contributed by atoms with Gasteiger partial charge in [0.05, 0.1) is 19.1 Å². The van der Waals surface area contributed by atoms with Crippen molar-refractivity contribution >= 4 is 17.5 Å². The van der Waals surface area contributed by atoms with Gasteiger partial charge in [-0.3, -0.25) is 0 Å². The molecule has 20 heavy (non-hydrogen) atoms. The van der Waals surface area contributed by atoms with Crippen LogP contribution >= 0.6 is 0 Å². The molecule has 2 rings (SSSR count). The number of nitrogens with one attached hydrogen (secondary N) is 2. The fraction of sp³-hybridized carbons (Fsp3) is 0.462. The van der Waals surface area contributed by atoms with Gasteiger partial charge in [-0.15, -0.1) is 4.72 Å². The number of rotatable bonds is 6. The Hall–Kier alpha value is -1.28. The van der Waals surface area contributed by atoms with Crippen LogP contribution in [-0.2, 0) is 17.8 Å². The number of hydrogen-bond acceptors (Lipinski definition) is 4. The number of aliphatic hydroxyl groups excluding tert-OH is 1. The molecule has 0 saturated heterocycles. The molecular formula is C13H18N2O4S. The Morgan fingerprint density at radius 3 is 2.90 bits per heavy atom. The van der Waals surface area contributed by atoms with Gasteiger partial charge in [-0.1, -0.05) is 24.3 Å². The molecule has 1 unspecified atom stereocenters. The fourth-order valence-corrected chi connectivity index (χ4v) is 3.75. The van der Waals surface area contributed by atoms with Crippen molar-refractivity contribution in [2.24, 2.45) is 0 Å². The molecule has 110 valence electrons. The molecule has 0 heterocycles. The highest BCUT2D eigenvalue weighted by atomic mass is 32.2. The zero-order valence-corrected chi connectivity index (χ0v) is 11.7. The second kappa shape index (κ2) is 6.94. The summed E-state index contributed by atoms with van der Waals surface area (Å²) in [4.78, 5) is 10.9. The third-order valence-corrected chi connectivity index (χ3v) is 4.58. The van der Waals surface area contributed by atoms with Gasteiger partial charge in [0.2, 0.25) is 0 Å². The van der Waals surface area contributed by atoms with E-state index in [1.165, 1.54) is 0 Å². The molecule has 1 amide bonds. The molecule has 0 aromatic heterocycles. The van der Waals surface area contributed by atoms with Crippen LogP contribution < -0.4 is 10.0 Å². The van der Waals surface area contributed by atoms with Crippen molar-refractivity contribution in [1.82, 2.24) is 10.0 Å². The molecule has 4 N–H and O–H groups in total. The summed E-state index contributed by atoms with van der Waals surface area (Å²) in [5.74, 6) is 0.205. The third kappa shape index (κ3) is 3.63. The minimum atomic E-state index is -1.30. The van der Waals surface area contributed by atoms with Gasteiger partial charge in [0.1, 0.15) is 5.75 Å². The Balaban J connectivity index is 2.10. The van der Waals surface area contributed by atoms with Gasteiger partial charge < -0.3 is 20.1 Å². The van der Waals surface area contributed by atoms with Crippen molar-refractivity contribution in [2.45, 2.75) is 18.4 Å². The molecule has 0 bridgehead atoms. The summed E-state index contributed by atoms with van der Waals surface area (Å²) in [5, 5.41) is 20.1. The van der Waals surface area contributed by atoms with Crippen molar-refractivity contribution in [1.29, 1.82) is 0 Å². The number of fused-ring (bicyclic) bond motifs is 1. The lowest BCUT2D eigenvalue weighted by Gasteiger charge is -2.21. The lowest BCUT2D eigenvalue weighted by Crippen LogP contribution is -2.41. The molecule has 1 aliphatic carbocycles. The van der Waals surface area contributed by atoms with Crippen molar-refractivity contribution < 1.29 is 19.6 Å². The molecule has 1 aromatic rings. The zero-order valence-electron chi connectivity index (χ0n) is 10.9. The van der Waals surface area contributed by atoms with E-state index >= 15 is 0 Å². The Bertz CT molecular complexity index is 471. The first kappa shape index (κ1) is 15.1. The van der Waals surface area contributed by atoms with E-state index in [0.717, 1.165) is 11.1 Å². The predicted molar refractivity (Wildman–Crippen MR) is 75.9 cm³/mol. The number of aliphatic hydroxyl groups is 1. The molecule has 0 saturated carbocycles. The van der Waals surface area contributed by atoms with Crippen LogP contribution in [-0.4, -0.2) is 45.8 Å². The summed E-state index contributed by atoms with van der Waals surface area (Å²) in [6.07, 6.45) is -0.452. The Morgan fingerprint density at radius 1 is 1.45 bits per heavy atom. The summed E-state index contributed by atoms with van der Waals surface area (Å²) in [6.45, 7) is 0.182. The van der Waals surface area contributed by atoms with Crippen LogP contribution in [0.4, 0.5) is 4.79 Å². The van der Waals surface area contributed by atoms with E-state index in [-0.39, 0.29) is 25.1 Å². The highest BCUT2D eigenvalue weighted by Gasteiger charge is 2.36. The topological polar surface area (TPSA) is 105 Å². The summed E-state index contributed by atoms with van der Waals surface area (Å²) >= 11 is -1.30. The van der Waals surface area contributed by atoms with Crippen LogP contribution in [0.2, 0.25) is 0 Å². The maximum absolute atomic E-state index is 11.9. The van der Waals surface area contributed by atoms with E-state index in [4.69, 9.17) is 10.2 Å². The molecule has 6 nitrogen and oxygen atoms in total. The molecular weight excluding hydrogens is 280 g/mol. The number of benzene rings is 1. The number of amides is 1. The van der Waals surface area contributed by atoms with Crippen LogP contribution in [0, 0.1) is 0 Å². The molecule has 0 aliphatic heterocycles. The standard InChI is InChI=1S/C13H18N2O4S/c16-6-5-14-20(19)8-11-10-4-2-1-3-9(10)7-12(11)15-13(17)18/h1-4,11-12,14-16H,5-8H2,(H,17,18)/t11-,12+,20?/m0/s1. The molecule has 1 aliphatic rings. The van der Waals surface area contributed by atoms with Gasteiger partial charge >= 0.3 is 6.09 Å². The van der Waals surface area contributed by atoms with Crippen LogP contribution in [0.1, 0.15) is 17.0 Å². The SMILES string of the molecule is O=C(O)N[C@@H]1Cc2ccccc2[C@@H]1C[S+]([O-])NCCO. The highest BCUT2D eigenvalue weighted by molar-refractivity contribution is 7.89. The minimum absolute atomic E-state index is 0.0796. The van der Waals surface area contributed by atoms with Crippen LogP contribution in [0.3, 0.4) is 0 Å². The molecule has 0 radical (unpaired) electrons. The second-order valence-corrected chi connectivity index (χ2v) is 6.01. The van der Waals surface area contributed by atoms with Gasteiger partial charge in [0, 0.05) is 17.4 Å². The van der Waals surface area contributed by atoms with Crippen LogP contribution in [0.15, 0.2) is 24.3 Å². The first-order chi connectivity index (χ1) is 9.61. The van der Waals surface area contributed by atoms with Gasteiger partial charge in [-0.05, 0) is 17.5 Å². The third-order valence-electron chi connectivity index (χ3n) is 3.39. The molecule has 0 fully saturated rings. The van der Waals surface area contributed by atoms with E-state index in [9.17, 15) is 9.35 Å². The molecule has 0 spiro atoms. The second-order valence-electron chi connectivity index (χ2n) is 4.70. The molecule has 7 heteroatoms. The van der Waals surface area contributed by atoms with Crippen molar-refractivity contribution in [2.75, 3.05) is 18.9 Å². The Labute approximate surface area is 120 Å². The largest absolute Gasteiger partial charge is 0.598 e. The molecule has 1 aromatic carbocycles. The first-order valence-corrected chi connectivity index (χ1v) is 7.73. The maximum atomic E-state index is 11.9. The smallest absolute Gasteiger partial charge is 0.404 e. The van der Waals surface area contributed by atoms with E-state index in [0.29, 0.717) is 12.2 Å². The summed E-state index contributed by atoms with van der Waals surface area (Å²) in [7, 11) is 0. The van der Waals surface area contributed by atoms with Crippen molar-refractivity contribution in [3.8, 4) is 0 Å². The van der Waals surface area contributed by atoms with Gasteiger partial charge in [-0.2, -0.15) is 0 Å². The van der Waals surface area contributed by atoms with E-state index in [2.05, 4.69) is 10.0 Å². The van der Waals surface area contributed by atoms with Gasteiger partial charge in [-0.25, -0.2) is 4.79 Å². The highest BCUT2D eigenvalue weighted by Crippen LogP contribution is 2.34. The Kier molecular flexibility index (Phi) is 5.24. The van der Waals surface area contributed by atoms with Crippen molar-refractivity contribution in [3.05, 3.63) is 35.4 Å². The summed E-state index contributed by atoms with van der Waals surface area (Å²) in [5.41, 5.74) is 2.14. The number of hydrogen-bond donors (Lipinski definition) is 4. The Morgan fingerprint density at radius 2 is 2.20 bits per heavy atom. The van der Waals surface area contributed by atoms with Crippen molar-refractivity contribution in [3.63, 3.8) is 0 Å². The lowest BCUT2D eigenvalue weighted by atomic mass is 10.0. The quantitative estimate of drug-likeness (QED) is 0.562. The first-order valence-electron chi connectivity index (χ1n) is 6.42. The average Bonchev–Trinajstić information content (AvgIpc) is 2.74. The van der Waals surface area contributed by atoms with Crippen LogP contribution in [0.5, 0.6) is 0 Å². The van der Waals surface area contributed by atoms with E-state index in [1.807, 2.05) is 24.3 Å². The molecule has 3 atom stereocenters. The van der Waals surface area contributed by atoms with E-state index in [1.54, 1.807) is 0 Å². The number of carboxylic acid groups (broad SMARTS) is 1. The van der Waals surface area contributed by atoms with E-state index < -0.39 is 17.5 Å². The predicted octanol–water partition coefficient (Wildman–Crippen LogP) is 0.208. The van der Waals surface area contributed by atoms with Crippen LogP contribution in [0.25, 0.3) is 0 Å². The lowest BCUT2D eigenvalue weighted by molar-refractivity contribution is 0.189. The number of carbonyl (C=O) groups is 1. The average molecular weight is 298 g/mol.